The van der Waals surface area contributed by atoms with E-state index in [-0.39, 0.29) is 24.7 Å². The van der Waals surface area contributed by atoms with Crippen molar-refractivity contribution in [1.82, 2.24) is 15.5 Å². The van der Waals surface area contributed by atoms with Crippen molar-refractivity contribution >= 4 is 23.4 Å². The number of hydrogen-bond donors (Lipinski definition) is 2. The van der Waals surface area contributed by atoms with Crippen molar-refractivity contribution in [3.8, 4) is 6.07 Å². The lowest BCUT2D eigenvalue weighted by atomic mass is 10.1. The Balaban J connectivity index is 1.63. The van der Waals surface area contributed by atoms with Crippen molar-refractivity contribution in [3.05, 3.63) is 58.9 Å². The molecule has 2 amide bonds. The first kappa shape index (κ1) is 20.0. The number of nitrogens with zero attached hydrogens (tertiary/aromatic N) is 2. The molecule has 1 aliphatic heterocycles. The van der Waals surface area contributed by atoms with Crippen molar-refractivity contribution in [2.75, 3.05) is 6.54 Å². The first-order chi connectivity index (χ1) is 13.5. The maximum Gasteiger partial charge on any atom is 0.227 e. The van der Waals surface area contributed by atoms with Crippen LogP contribution in [0.15, 0.2) is 48.3 Å². The fraction of sp³-hybridized carbons (Fsp3) is 0.381. The summed E-state index contributed by atoms with van der Waals surface area (Å²) in [5.41, 5.74) is 1.53. The maximum atomic E-state index is 12.6. The highest BCUT2D eigenvalue weighted by molar-refractivity contribution is 6.30. The Morgan fingerprint density at radius 2 is 2.18 bits per heavy atom. The Hall–Kier alpha value is -2.78. The van der Waals surface area contributed by atoms with E-state index in [0.29, 0.717) is 29.6 Å². The van der Waals surface area contributed by atoms with Gasteiger partial charge >= 0.3 is 0 Å². The molecule has 1 aliphatic carbocycles. The molecule has 6 nitrogen and oxygen atoms in total. The molecule has 0 aromatic heterocycles. The molecule has 0 radical (unpaired) electrons. The van der Waals surface area contributed by atoms with Gasteiger partial charge in [0.05, 0.1) is 18.9 Å². The van der Waals surface area contributed by atoms with Crippen LogP contribution < -0.4 is 10.6 Å². The number of benzene rings is 1. The maximum absolute atomic E-state index is 12.6. The molecule has 1 aromatic rings. The van der Waals surface area contributed by atoms with E-state index in [9.17, 15) is 9.59 Å². The minimum atomic E-state index is -0.426. The van der Waals surface area contributed by atoms with Gasteiger partial charge in [0.2, 0.25) is 11.8 Å². The number of hydrogen-bond acceptors (Lipinski definition) is 4. The van der Waals surface area contributed by atoms with Crippen LogP contribution in [0.1, 0.15) is 31.2 Å². The Morgan fingerprint density at radius 3 is 2.89 bits per heavy atom. The van der Waals surface area contributed by atoms with Crippen LogP contribution in [-0.4, -0.2) is 29.4 Å². The Morgan fingerprint density at radius 1 is 1.36 bits per heavy atom. The predicted octanol–water partition coefficient (Wildman–Crippen LogP) is 2.87. The summed E-state index contributed by atoms with van der Waals surface area (Å²) in [5, 5.41) is 15.5. The second-order valence-corrected chi connectivity index (χ2v) is 7.48. The van der Waals surface area contributed by atoms with Gasteiger partial charge < -0.3 is 15.5 Å². The van der Waals surface area contributed by atoms with Crippen molar-refractivity contribution in [1.29, 1.82) is 5.26 Å². The van der Waals surface area contributed by atoms with Crippen molar-refractivity contribution in [2.24, 2.45) is 5.92 Å². The van der Waals surface area contributed by atoms with Crippen LogP contribution in [0.25, 0.3) is 0 Å². The van der Waals surface area contributed by atoms with E-state index < -0.39 is 6.17 Å². The summed E-state index contributed by atoms with van der Waals surface area (Å²) in [6.07, 6.45) is 8.06. The highest BCUT2D eigenvalue weighted by atomic mass is 35.5. The van der Waals surface area contributed by atoms with Crippen molar-refractivity contribution < 1.29 is 9.59 Å². The lowest BCUT2D eigenvalue weighted by Crippen LogP contribution is -2.45. The number of carbonyl (C=O) groups excluding carboxylic acids is 2. The summed E-state index contributed by atoms with van der Waals surface area (Å²) in [6.45, 7) is 0.349. The number of nitrogens with one attached hydrogen (secondary N) is 2. The number of nitriles is 1. The number of halogens is 1. The average molecular weight is 399 g/mol. The molecule has 7 heteroatoms. The first-order valence-corrected chi connectivity index (χ1v) is 9.78. The SMILES string of the molecule is N#CCCN(C(=O)CC1CC1)C1=CC(NC(=O)Cc2cccc(Cl)c2)NC=C1. The van der Waals surface area contributed by atoms with Crippen molar-refractivity contribution in [2.45, 2.75) is 38.3 Å². The predicted molar refractivity (Wildman–Crippen MR) is 107 cm³/mol. The van der Waals surface area contributed by atoms with Crippen LogP contribution >= 0.6 is 11.6 Å². The molecule has 2 N–H and O–H groups in total. The van der Waals surface area contributed by atoms with Crippen LogP contribution in [0.2, 0.25) is 5.02 Å². The van der Waals surface area contributed by atoms with Gasteiger partial charge in [-0.05, 0) is 48.6 Å². The van der Waals surface area contributed by atoms with Gasteiger partial charge in [-0.3, -0.25) is 9.59 Å². The average Bonchev–Trinajstić information content (AvgIpc) is 3.46. The molecule has 28 heavy (non-hydrogen) atoms. The van der Waals surface area contributed by atoms with Crippen LogP contribution in [0, 0.1) is 17.2 Å². The molecule has 3 rings (SSSR count). The Labute approximate surface area is 169 Å². The van der Waals surface area contributed by atoms with E-state index >= 15 is 0 Å². The zero-order valence-corrected chi connectivity index (χ0v) is 16.3. The molecule has 2 aliphatic rings. The fourth-order valence-electron chi connectivity index (χ4n) is 3.07. The van der Waals surface area contributed by atoms with E-state index in [0.717, 1.165) is 18.4 Å². The molecular formula is C21H23ClN4O2. The Bertz CT molecular complexity index is 839. The minimum absolute atomic E-state index is 0.0274. The van der Waals surface area contributed by atoms with Crippen LogP contribution in [0.5, 0.6) is 0 Å². The molecule has 1 aromatic carbocycles. The molecule has 0 bridgehead atoms. The first-order valence-electron chi connectivity index (χ1n) is 9.40. The van der Waals surface area contributed by atoms with E-state index in [1.165, 1.54) is 0 Å². The zero-order chi connectivity index (χ0) is 19.9. The summed E-state index contributed by atoms with van der Waals surface area (Å²) in [4.78, 5) is 26.6. The van der Waals surface area contributed by atoms with Gasteiger partial charge in [0.25, 0.3) is 0 Å². The third kappa shape index (κ3) is 5.86. The molecule has 0 saturated heterocycles. The number of rotatable bonds is 8. The summed E-state index contributed by atoms with van der Waals surface area (Å²) in [6, 6.07) is 9.28. The molecule has 1 atom stereocenters. The van der Waals surface area contributed by atoms with Gasteiger partial charge in [-0.15, -0.1) is 0 Å². The largest absolute Gasteiger partial charge is 0.368 e. The summed E-state index contributed by atoms with van der Waals surface area (Å²) in [5.74, 6) is 0.342. The minimum Gasteiger partial charge on any atom is -0.368 e. The highest BCUT2D eigenvalue weighted by Gasteiger charge is 2.28. The van der Waals surface area contributed by atoms with Gasteiger partial charge in [0.15, 0.2) is 0 Å². The topological polar surface area (TPSA) is 85.2 Å². The molecular weight excluding hydrogens is 376 g/mol. The number of carbonyl (C=O) groups is 2. The second kappa shape index (κ2) is 9.43. The monoisotopic (exact) mass is 398 g/mol. The van der Waals surface area contributed by atoms with Crippen LogP contribution in [-0.2, 0) is 16.0 Å². The normalized spacial score (nSPS) is 17.9. The molecule has 1 heterocycles. The Kier molecular flexibility index (Phi) is 6.72. The van der Waals surface area contributed by atoms with E-state index in [4.69, 9.17) is 16.9 Å². The second-order valence-electron chi connectivity index (χ2n) is 7.04. The van der Waals surface area contributed by atoms with Gasteiger partial charge in [0.1, 0.15) is 6.17 Å². The summed E-state index contributed by atoms with van der Waals surface area (Å²) in [7, 11) is 0. The number of amides is 2. The lowest BCUT2D eigenvalue weighted by Gasteiger charge is -2.28. The fourth-order valence-corrected chi connectivity index (χ4v) is 3.28. The molecule has 146 valence electrons. The molecule has 1 saturated carbocycles. The summed E-state index contributed by atoms with van der Waals surface area (Å²) >= 11 is 5.96. The number of dihydropyridines is 1. The molecule has 1 unspecified atom stereocenters. The smallest absolute Gasteiger partial charge is 0.227 e. The van der Waals surface area contributed by atoms with Gasteiger partial charge in [0, 0.05) is 29.9 Å². The number of allylic oxidation sites excluding steroid dienone is 1. The van der Waals surface area contributed by atoms with E-state index in [1.807, 2.05) is 12.1 Å². The highest BCUT2D eigenvalue weighted by Crippen LogP contribution is 2.33. The van der Waals surface area contributed by atoms with Crippen LogP contribution in [0.3, 0.4) is 0 Å². The summed E-state index contributed by atoms with van der Waals surface area (Å²) < 4.78 is 0. The molecule has 0 spiro atoms. The zero-order valence-electron chi connectivity index (χ0n) is 15.5. The third-order valence-corrected chi connectivity index (χ3v) is 4.89. The van der Waals surface area contributed by atoms with Gasteiger partial charge in [-0.2, -0.15) is 5.26 Å². The van der Waals surface area contributed by atoms with E-state index in [2.05, 4.69) is 16.7 Å². The van der Waals surface area contributed by atoms with Crippen molar-refractivity contribution in [3.63, 3.8) is 0 Å². The lowest BCUT2D eigenvalue weighted by molar-refractivity contribution is -0.129. The molecule has 1 fully saturated rings. The standard InChI is InChI=1S/C21H23ClN4O2/c22-17-4-1-3-16(11-17)12-20(27)25-19-14-18(7-9-24-19)26(10-2-8-23)21(28)13-15-5-6-15/h1,3-4,7,9,11,14-15,19,24H,2,5-6,10,12-13H2,(H,25,27). The van der Waals surface area contributed by atoms with Crippen LogP contribution in [0.4, 0.5) is 0 Å². The third-order valence-electron chi connectivity index (χ3n) is 4.66. The van der Waals surface area contributed by atoms with Gasteiger partial charge in [-0.1, -0.05) is 23.7 Å². The quantitative estimate of drug-likeness (QED) is 0.705. The van der Waals surface area contributed by atoms with E-state index in [1.54, 1.807) is 35.4 Å². The van der Waals surface area contributed by atoms with Gasteiger partial charge in [-0.25, -0.2) is 0 Å².